The van der Waals surface area contributed by atoms with Crippen molar-refractivity contribution in [3.63, 3.8) is 0 Å². The second-order valence-corrected chi connectivity index (χ2v) is 7.18. The molecule has 128 valence electrons. The summed E-state index contributed by atoms with van der Waals surface area (Å²) in [5.74, 6) is 0. The fourth-order valence-electron chi connectivity index (χ4n) is 3.49. The van der Waals surface area contributed by atoms with Gasteiger partial charge in [-0.25, -0.2) is 0 Å². The van der Waals surface area contributed by atoms with Crippen molar-refractivity contribution in [2.45, 2.75) is 25.2 Å². The molecule has 0 saturated carbocycles. The van der Waals surface area contributed by atoms with Crippen LogP contribution in [0, 0.1) is 0 Å². The largest absolute Gasteiger partial charge is 0.416 e. The number of nitrogens with zero attached hydrogens (tertiary/aromatic N) is 2. The van der Waals surface area contributed by atoms with Gasteiger partial charge in [-0.2, -0.15) is 13.2 Å². The summed E-state index contributed by atoms with van der Waals surface area (Å²) in [6.45, 7) is 6.15. The lowest BCUT2D eigenvalue weighted by Gasteiger charge is -2.32. The van der Waals surface area contributed by atoms with E-state index in [-0.39, 0.29) is 0 Å². The number of halogens is 4. The van der Waals surface area contributed by atoms with Crippen LogP contribution in [-0.2, 0) is 12.7 Å². The Morgan fingerprint density at radius 2 is 1.91 bits per heavy atom. The quantitative estimate of drug-likeness (QED) is 0.854. The molecule has 1 aromatic rings. The molecule has 3 rings (SSSR count). The Balaban J connectivity index is 1.66. The lowest BCUT2D eigenvalue weighted by molar-refractivity contribution is -0.138. The monoisotopic (exact) mass is 391 g/mol. The van der Waals surface area contributed by atoms with Gasteiger partial charge in [-0.1, -0.05) is 22.0 Å². The van der Waals surface area contributed by atoms with Gasteiger partial charge in [0.2, 0.25) is 0 Å². The summed E-state index contributed by atoms with van der Waals surface area (Å²) in [4.78, 5) is 4.61. The summed E-state index contributed by atoms with van der Waals surface area (Å²) in [6.07, 6.45) is -3.27. The number of nitrogens with one attached hydrogen (secondary N) is 1. The van der Waals surface area contributed by atoms with Crippen LogP contribution in [0.4, 0.5) is 13.2 Å². The van der Waals surface area contributed by atoms with Crippen LogP contribution in [0.1, 0.15) is 17.5 Å². The Labute approximate surface area is 143 Å². The third-order valence-electron chi connectivity index (χ3n) is 4.69. The summed E-state index contributed by atoms with van der Waals surface area (Å²) in [5.41, 5.74) is -0.167. The number of hydrogen-bond donors (Lipinski definition) is 1. The standard InChI is InChI=1S/C16H21BrF3N3/c17-13-2-1-12(15(9-13)16(18,19)20)10-22-6-3-14(11-22)23-7-4-21-5-8-23/h1-2,9,14,21H,3-8,10-11H2. The van der Waals surface area contributed by atoms with E-state index < -0.39 is 11.7 Å². The minimum atomic E-state index is -4.31. The van der Waals surface area contributed by atoms with Crippen LogP contribution in [0.15, 0.2) is 22.7 Å². The lowest BCUT2D eigenvalue weighted by atomic mass is 10.1. The highest BCUT2D eigenvalue weighted by Gasteiger charge is 2.35. The second kappa shape index (κ2) is 7.09. The van der Waals surface area contributed by atoms with E-state index in [0.29, 0.717) is 22.6 Å². The van der Waals surface area contributed by atoms with E-state index in [1.807, 2.05) is 0 Å². The van der Waals surface area contributed by atoms with Crippen molar-refractivity contribution >= 4 is 15.9 Å². The molecule has 7 heteroatoms. The van der Waals surface area contributed by atoms with Crippen LogP contribution in [-0.4, -0.2) is 55.1 Å². The predicted octanol–water partition coefficient (Wildman–Crippen LogP) is 2.95. The molecule has 2 aliphatic rings. The van der Waals surface area contributed by atoms with E-state index in [0.717, 1.165) is 45.7 Å². The Bertz CT molecular complexity index is 544. The van der Waals surface area contributed by atoms with E-state index >= 15 is 0 Å². The molecular weight excluding hydrogens is 371 g/mol. The Morgan fingerprint density at radius 3 is 2.61 bits per heavy atom. The minimum absolute atomic E-state index is 0.363. The molecule has 3 nitrogen and oxygen atoms in total. The molecule has 2 fully saturated rings. The molecule has 0 aliphatic carbocycles. The van der Waals surface area contributed by atoms with Crippen molar-refractivity contribution in [2.24, 2.45) is 0 Å². The van der Waals surface area contributed by atoms with Crippen LogP contribution in [0.25, 0.3) is 0 Å². The first kappa shape index (κ1) is 17.2. The van der Waals surface area contributed by atoms with Crippen molar-refractivity contribution in [1.29, 1.82) is 0 Å². The first-order valence-corrected chi connectivity index (χ1v) is 8.75. The van der Waals surface area contributed by atoms with Crippen LogP contribution in [0.2, 0.25) is 0 Å². The van der Waals surface area contributed by atoms with Crippen molar-refractivity contribution in [3.8, 4) is 0 Å². The average Bonchev–Trinajstić information content (AvgIpc) is 2.97. The smallest absolute Gasteiger partial charge is 0.314 e. The number of likely N-dealkylation sites (tertiary alicyclic amines) is 1. The topological polar surface area (TPSA) is 18.5 Å². The van der Waals surface area contributed by atoms with Crippen molar-refractivity contribution < 1.29 is 13.2 Å². The lowest BCUT2D eigenvalue weighted by Crippen LogP contribution is -2.49. The molecule has 0 radical (unpaired) electrons. The molecule has 0 aromatic heterocycles. The highest BCUT2D eigenvalue weighted by atomic mass is 79.9. The van der Waals surface area contributed by atoms with E-state index in [4.69, 9.17) is 0 Å². The minimum Gasteiger partial charge on any atom is -0.314 e. The first-order valence-electron chi connectivity index (χ1n) is 7.96. The molecule has 1 N–H and O–H groups in total. The number of benzene rings is 1. The Morgan fingerprint density at radius 1 is 1.17 bits per heavy atom. The maximum atomic E-state index is 13.2. The molecule has 2 aliphatic heterocycles. The van der Waals surface area contributed by atoms with Gasteiger partial charge in [-0.15, -0.1) is 0 Å². The highest BCUT2D eigenvalue weighted by Crippen LogP contribution is 2.35. The van der Waals surface area contributed by atoms with Crippen LogP contribution in [0.5, 0.6) is 0 Å². The fourth-order valence-corrected chi connectivity index (χ4v) is 3.85. The SMILES string of the molecule is FC(F)(F)c1cc(Br)ccc1CN1CCC(N2CCNCC2)C1. The zero-order chi connectivity index (χ0) is 16.4. The molecular formula is C16H21BrF3N3. The number of piperazine rings is 1. The summed E-state index contributed by atoms with van der Waals surface area (Å²) < 4.78 is 40.1. The van der Waals surface area contributed by atoms with E-state index in [1.165, 1.54) is 6.07 Å². The summed E-state index contributed by atoms with van der Waals surface area (Å²) in [5, 5.41) is 3.33. The van der Waals surface area contributed by atoms with Crippen LogP contribution < -0.4 is 5.32 Å². The summed E-state index contributed by atoms with van der Waals surface area (Å²) in [7, 11) is 0. The van der Waals surface area contributed by atoms with Crippen LogP contribution in [0.3, 0.4) is 0 Å². The first-order chi connectivity index (χ1) is 10.9. The van der Waals surface area contributed by atoms with Gasteiger partial charge in [-0.3, -0.25) is 9.80 Å². The Kier molecular flexibility index (Phi) is 5.30. The zero-order valence-corrected chi connectivity index (χ0v) is 14.5. The normalized spacial score (nSPS) is 24.3. The molecule has 2 heterocycles. The van der Waals surface area contributed by atoms with Gasteiger partial charge < -0.3 is 5.32 Å². The third-order valence-corrected chi connectivity index (χ3v) is 5.18. The zero-order valence-electron chi connectivity index (χ0n) is 12.9. The van der Waals surface area contributed by atoms with Gasteiger partial charge in [0.1, 0.15) is 0 Å². The second-order valence-electron chi connectivity index (χ2n) is 6.26. The van der Waals surface area contributed by atoms with Gasteiger partial charge >= 0.3 is 6.18 Å². The van der Waals surface area contributed by atoms with Crippen molar-refractivity contribution in [2.75, 3.05) is 39.3 Å². The predicted molar refractivity (Wildman–Crippen MR) is 87.3 cm³/mol. The number of hydrogen-bond acceptors (Lipinski definition) is 3. The van der Waals surface area contributed by atoms with Gasteiger partial charge in [0.15, 0.2) is 0 Å². The molecule has 1 atom stereocenters. The fraction of sp³-hybridized carbons (Fsp3) is 0.625. The molecule has 0 bridgehead atoms. The van der Waals surface area contributed by atoms with Crippen molar-refractivity contribution in [3.05, 3.63) is 33.8 Å². The van der Waals surface area contributed by atoms with E-state index in [9.17, 15) is 13.2 Å². The Hall–Kier alpha value is -0.630. The summed E-state index contributed by atoms with van der Waals surface area (Å²) >= 11 is 3.14. The highest BCUT2D eigenvalue weighted by molar-refractivity contribution is 9.10. The third kappa shape index (κ3) is 4.26. The number of rotatable bonds is 3. The molecule has 1 aromatic carbocycles. The summed E-state index contributed by atoms with van der Waals surface area (Å²) in [6, 6.07) is 4.93. The molecule has 0 spiro atoms. The molecule has 2 saturated heterocycles. The number of alkyl halides is 3. The van der Waals surface area contributed by atoms with E-state index in [1.54, 1.807) is 12.1 Å². The average molecular weight is 392 g/mol. The molecule has 23 heavy (non-hydrogen) atoms. The van der Waals surface area contributed by atoms with Gasteiger partial charge in [0.05, 0.1) is 5.56 Å². The maximum absolute atomic E-state index is 13.2. The molecule has 0 amide bonds. The van der Waals surface area contributed by atoms with Crippen LogP contribution >= 0.6 is 15.9 Å². The maximum Gasteiger partial charge on any atom is 0.416 e. The molecule has 1 unspecified atom stereocenters. The van der Waals surface area contributed by atoms with E-state index in [2.05, 4.69) is 31.0 Å². The van der Waals surface area contributed by atoms with Gasteiger partial charge in [0.25, 0.3) is 0 Å². The van der Waals surface area contributed by atoms with Gasteiger partial charge in [-0.05, 0) is 24.1 Å². The van der Waals surface area contributed by atoms with Crippen molar-refractivity contribution in [1.82, 2.24) is 15.1 Å². The van der Waals surface area contributed by atoms with Gasteiger partial charge in [0, 0.05) is 56.3 Å².